The Morgan fingerprint density at radius 2 is 2.11 bits per heavy atom. The van der Waals surface area contributed by atoms with E-state index < -0.39 is 15.8 Å². The van der Waals surface area contributed by atoms with E-state index in [4.69, 9.17) is 0 Å². The molecule has 0 unspecified atom stereocenters. The van der Waals surface area contributed by atoms with E-state index in [2.05, 4.69) is 30.8 Å². The summed E-state index contributed by atoms with van der Waals surface area (Å²) in [7, 11) is -3.79. The molecule has 2 aromatic rings. The van der Waals surface area contributed by atoms with Crippen molar-refractivity contribution in [3.63, 3.8) is 0 Å². The minimum absolute atomic E-state index is 0.0513. The lowest BCUT2D eigenvalue weighted by Crippen LogP contribution is -2.14. The maximum absolute atomic E-state index is 12.9. The van der Waals surface area contributed by atoms with E-state index in [1.807, 2.05) is 0 Å². The van der Waals surface area contributed by atoms with Crippen molar-refractivity contribution in [1.82, 2.24) is 10.2 Å². The Labute approximate surface area is 112 Å². The molecule has 2 rings (SSSR count). The van der Waals surface area contributed by atoms with Gasteiger partial charge in [0.15, 0.2) is 5.82 Å². The third-order valence-electron chi connectivity index (χ3n) is 2.13. The van der Waals surface area contributed by atoms with Crippen molar-refractivity contribution < 1.29 is 12.8 Å². The SMILES string of the molecule is Cc1cc(NS(=O)(=O)c2ccc(F)cc2Br)n[nH]1. The van der Waals surface area contributed by atoms with Crippen LogP contribution in [0.1, 0.15) is 5.69 Å². The predicted molar refractivity (Wildman–Crippen MR) is 68.2 cm³/mol. The summed E-state index contributed by atoms with van der Waals surface area (Å²) in [5.41, 5.74) is 0.728. The summed E-state index contributed by atoms with van der Waals surface area (Å²) in [6.45, 7) is 1.75. The molecule has 0 radical (unpaired) electrons. The normalized spacial score (nSPS) is 11.5. The van der Waals surface area contributed by atoms with Crippen LogP contribution in [-0.2, 0) is 10.0 Å². The fraction of sp³-hybridized carbons (Fsp3) is 0.100. The Kier molecular flexibility index (Phi) is 3.40. The molecule has 0 aliphatic rings. The van der Waals surface area contributed by atoms with Gasteiger partial charge in [0.05, 0.1) is 0 Å². The molecule has 0 spiro atoms. The van der Waals surface area contributed by atoms with E-state index in [1.54, 1.807) is 13.0 Å². The lowest BCUT2D eigenvalue weighted by atomic mass is 10.3. The predicted octanol–water partition coefficient (Wildman–Crippen LogP) is 2.42. The fourth-order valence-electron chi connectivity index (χ4n) is 1.36. The van der Waals surface area contributed by atoms with Crippen molar-refractivity contribution in [3.05, 3.63) is 40.2 Å². The van der Waals surface area contributed by atoms with Gasteiger partial charge in [0.25, 0.3) is 10.0 Å². The number of rotatable bonds is 3. The average molecular weight is 334 g/mol. The van der Waals surface area contributed by atoms with Gasteiger partial charge in [-0.3, -0.25) is 9.82 Å². The number of sulfonamides is 1. The number of aromatic amines is 1. The summed E-state index contributed by atoms with van der Waals surface area (Å²) in [4.78, 5) is -0.0513. The highest BCUT2D eigenvalue weighted by Crippen LogP contribution is 2.24. The van der Waals surface area contributed by atoms with Crippen molar-refractivity contribution in [2.24, 2.45) is 0 Å². The summed E-state index contributed by atoms with van der Waals surface area (Å²) in [6.07, 6.45) is 0. The first kappa shape index (κ1) is 13.0. The quantitative estimate of drug-likeness (QED) is 0.905. The number of aromatic nitrogens is 2. The molecular weight excluding hydrogens is 325 g/mol. The minimum atomic E-state index is -3.79. The van der Waals surface area contributed by atoms with Crippen molar-refractivity contribution in [2.45, 2.75) is 11.8 Å². The monoisotopic (exact) mass is 333 g/mol. The first-order chi connectivity index (χ1) is 8.38. The van der Waals surface area contributed by atoms with Crippen LogP contribution >= 0.6 is 15.9 Å². The smallest absolute Gasteiger partial charge is 0.264 e. The lowest BCUT2D eigenvalue weighted by Gasteiger charge is -2.07. The third-order valence-corrected chi connectivity index (χ3v) is 4.46. The number of nitrogens with zero attached hydrogens (tertiary/aromatic N) is 1. The summed E-state index contributed by atoms with van der Waals surface area (Å²) in [5, 5.41) is 6.39. The molecule has 1 aromatic carbocycles. The topological polar surface area (TPSA) is 74.8 Å². The zero-order valence-electron chi connectivity index (χ0n) is 9.24. The molecule has 2 N–H and O–H groups in total. The molecule has 96 valence electrons. The maximum Gasteiger partial charge on any atom is 0.264 e. The minimum Gasteiger partial charge on any atom is -0.281 e. The molecule has 0 aliphatic heterocycles. The van der Waals surface area contributed by atoms with Crippen LogP contribution in [0.5, 0.6) is 0 Å². The van der Waals surface area contributed by atoms with Crippen molar-refractivity contribution in [1.29, 1.82) is 0 Å². The zero-order valence-corrected chi connectivity index (χ0v) is 11.6. The van der Waals surface area contributed by atoms with E-state index in [0.29, 0.717) is 0 Å². The number of nitrogens with one attached hydrogen (secondary N) is 2. The summed E-state index contributed by atoms with van der Waals surface area (Å²) < 4.78 is 39.4. The van der Waals surface area contributed by atoms with Gasteiger partial charge in [-0.15, -0.1) is 0 Å². The molecule has 8 heteroatoms. The molecule has 18 heavy (non-hydrogen) atoms. The lowest BCUT2D eigenvalue weighted by molar-refractivity contribution is 0.598. The van der Waals surface area contributed by atoms with Gasteiger partial charge < -0.3 is 0 Å². The standard InChI is InChI=1S/C10H9BrFN3O2S/c1-6-4-10(14-13-6)15-18(16,17)9-3-2-7(12)5-8(9)11/h2-5H,1H3,(H2,13,14,15). The van der Waals surface area contributed by atoms with Crippen LogP contribution in [-0.4, -0.2) is 18.6 Å². The molecule has 0 saturated carbocycles. The number of H-pyrrole nitrogens is 1. The van der Waals surface area contributed by atoms with Crippen LogP contribution in [0.15, 0.2) is 33.6 Å². The van der Waals surface area contributed by atoms with Crippen LogP contribution in [0.4, 0.5) is 10.2 Å². The van der Waals surface area contributed by atoms with E-state index in [9.17, 15) is 12.8 Å². The number of anilines is 1. The second-order valence-electron chi connectivity index (χ2n) is 3.62. The average Bonchev–Trinajstić information content (AvgIpc) is 2.62. The van der Waals surface area contributed by atoms with Crippen LogP contribution < -0.4 is 4.72 Å². The first-order valence-electron chi connectivity index (χ1n) is 4.88. The maximum atomic E-state index is 12.9. The Balaban J connectivity index is 2.36. The molecular formula is C10H9BrFN3O2S. The second-order valence-corrected chi connectivity index (χ2v) is 6.12. The number of aryl methyl sites for hydroxylation is 1. The summed E-state index contributed by atoms with van der Waals surface area (Å²) in [6, 6.07) is 4.90. The highest BCUT2D eigenvalue weighted by molar-refractivity contribution is 9.10. The van der Waals surface area contributed by atoms with E-state index in [1.165, 1.54) is 6.07 Å². The van der Waals surface area contributed by atoms with Crippen LogP contribution in [0.3, 0.4) is 0 Å². The van der Waals surface area contributed by atoms with E-state index in [0.717, 1.165) is 17.8 Å². The van der Waals surface area contributed by atoms with Gasteiger partial charge in [-0.05, 0) is 41.1 Å². The molecule has 5 nitrogen and oxygen atoms in total. The number of halogens is 2. The van der Waals surface area contributed by atoms with Gasteiger partial charge in [0.2, 0.25) is 0 Å². The van der Waals surface area contributed by atoms with Crippen LogP contribution in [0, 0.1) is 12.7 Å². The molecule has 0 atom stereocenters. The Hall–Kier alpha value is -1.41. The molecule has 1 aromatic heterocycles. The Bertz CT molecular complexity index is 684. The number of benzene rings is 1. The number of hydrogen-bond acceptors (Lipinski definition) is 3. The number of hydrogen-bond donors (Lipinski definition) is 2. The van der Waals surface area contributed by atoms with E-state index >= 15 is 0 Å². The third kappa shape index (κ3) is 2.70. The Morgan fingerprint density at radius 1 is 1.39 bits per heavy atom. The van der Waals surface area contributed by atoms with Gasteiger partial charge in [0, 0.05) is 16.2 Å². The molecule has 0 bridgehead atoms. The van der Waals surface area contributed by atoms with Crippen LogP contribution in [0.25, 0.3) is 0 Å². The fourth-order valence-corrected chi connectivity index (χ4v) is 3.40. The van der Waals surface area contributed by atoms with Crippen LogP contribution in [0.2, 0.25) is 0 Å². The largest absolute Gasteiger partial charge is 0.281 e. The molecule has 0 amide bonds. The van der Waals surface area contributed by atoms with E-state index in [-0.39, 0.29) is 15.2 Å². The second kappa shape index (κ2) is 4.69. The van der Waals surface area contributed by atoms with Crippen molar-refractivity contribution >= 4 is 31.8 Å². The summed E-state index contributed by atoms with van der Waals surface area (Å²) in [5.74, 6) is -0.333. The van der Waals surface area contributed by atoms with Crippen molar-refractivity contribution in [3.8, 4) is 0 Å². The molecule has 0 aliphatic carbocycles. The van der Waals surface area contributed by atoms with Gasteiger partial charge in [-0.25, -0.2) is 12.8 Å². The molecule has 0 fully saturated rings. The first-order valence-corrected chi connectivity index (χ1v) is 7.16. The zero-order chi connectivity index (χ0) is 13.3. The van der Waals surface area contributed by atoms with Gasteiger partial charge in [0.1, 0.15) is 10.7 Å². The van der Waals surface area contributed by atoms with Gasteiger partial charge in [-0.2, -0.15) is 5.10 Å². The highest BCUT2D eigenvalue weighted by atomic mass is 79.9. The molecule has 1 heterocycles. The summed E-state index contributed by atoms with van der Waals surface area (Å²) >= 11 is 3.01. The molecule has 0 saturated heterocycles. The van der Waals surface area contributed by atoms with Gasteiger partial charge in [-0.1, -0.05) is 0 Å². The van der Waals surface area contributed by atoms with Crippen molar-refractivity contribution in [2.75, 3.05) is 4.72 Å². The Morgan fingerprint density at radius 3 is 2.67 bits per heavy atom. The highest BCUT2D eigenvalue weighted by Gasteiger charge is 2.19. The van der Waals surface area contributed by atoms with Gasteiger partial charge >= 0.3 is 0 Å².